The quantitative estimate of drug-likeness (QED) is 0.754. The fraction of sp³-hybridized carbons (Fsp3) is 0.417. The Morgan fingerprint density at radius 1 is 1.47 bits per heavy atom. The topological polar surface area (TPSA) is 32.3 Å². The third kappa shape index (κ3) is 1.63. The van der Waals surface area contributed by atoms with Gasteiger partial charge in [-0.1, -0.05) is 17.7 Å². The van der Waals surface area contributed by atoms with Gasteiger partial charge in [-0.25, -0.2) is 0 Å². The molecule has 3 nitrogen and oxygen atoms in total. The number of nitrogens with one attached hydrogen (secondary N) is 1. The molecule has 3 heteroatoms. The largest absolute Gasteiger partial charge is 0.315 e. The van der Waals surface area contributed by atoms with Gasteiger partial charge in [0.25, 0.3) is 0 Å². The van der Waals surface area contributed by atoms with Gasteiger partial charge in [0.05, 0.1) is 0 Å². The molecule has 0 saturated carbocycles. The fourth-order valence-electron chi connectivity index (χ4n) is 2.07. The number of amides is 1. The Kier molecular flexibility index (Phi) is 2.49. The number of hydrogen-bond acceptors (Lipinski definition) is 2. The molecule has 0 aliphatic carbocycles. The number of rotatable bonds is 1. The van der Waals surface area contributed by atoms with Crippen LogP contribution in [0.4, 0.5) is 5.69 Å². The lowest BCUT2D eigenvalue weighted by Gasteiger charge is -2.31. The van der Waals surface area contributed by atoms with E-state index in [4.69, 9.17) is 0 Å². The van der Waals surface area contributed by atoms with Crippen LogP contribution in [0.2, 0.25) is 0 Å². The summed E-state index contributed by atoms with van der Waals surface area (Å²) in [6.07, 6.45) is 0.545. The van der Waals surface area contributed by atoms with Gasteiger partial charge in [-0.15, -0.1) is 0 Å². The van der Waals surface area contributed by atoms with Crippen molar-refractivity contribution in [2.75, 3.05) is 19.0 Å². The summed E-state index contributed by atoms with van der Waals surface area (Å²) in [5, 5.41) is 3.19. The zero-order chi connectivity index (χ0) is 11.0. The minimum atomic E-state index is 0.156. The highest BCUT2D eigenvalue weighted by Gasteiger charge is 2.27. The minimum absolute atomic E-state index is 0.156. The lowest BCUT2D eigenvalue weighted by atomic mass is 9.95. The minimum Gasteiger partial charge on any atom is -0.315 e. The SMILES string of the molecule is CNC1CC(=O)N(C)c2ccc(C)cc21. The van der Waals surface area contributed by atoms with Crippen LogP contribution >= 0.6 is 0 Å². The highest BCUT2D eigenvalue weighted by atomic mass is 16.2. The first-order valence-electron chi connectivity index (χ1n) is 5.18. The van der Waals surface area contributed by atoms with E-state index in [0.717, 1.165) is 5.69 Å². The zero-order valence-electron chi connectivity index (χ0n) is 9.37. The molecule has 1 amide bonds. The fourth-order valence-corrected chi connectivity index (χ4v) is 2.07. The van der Waals surface area contributed by atoms with Crippen molar-refractivity contribution in [1.82, 2.24) is 5.32 Å². The Morgan fingerprint density at radius 3 is 2.87 bits per heavy atom. The number of carbonyl (C=O) groups is 1. The second-order valence-electron chi connectivity index (χ2n) is 4.06. The van der Waals surface area contributed by atoms with Crippen LogP contribution in [0.1, 0.15) is 23.6 Å². The third-order valence-corrected chi connectivity index (χ3v) is 3.02. The average molecular weight is 204 g/mol. The second-order valence-corrected chi connectivity index (χ2v) is 4.06. The highest BCUT2D eigenvalue weighted by Crippen LogP contribution is 2.33. The Morgan fingerprint density at radius 2 is 2.20 bits per heavy atom. The van der Waals surface area contributed by atoms with Gasteiger partial charge in [0.1, 0.15) is 0 Å². The molecule has 1 aliphatic rings. The molecule has 1 aromatic carbocycles. The molecule has 0 saturated heterocycles. The maximum atomic E-state index is 11.7. The van der Waals surface area contributed by atoms with E-state index >= 15 is 0 Å². The molecule has 1 aromatic rings. The summed E-state index contributed by atoms with van der Waals surface area (Å²) in [4.78, 5) is 13.4. The van der Waals surface area contributed by atoms with E-state index < -0.39 is 0 Å². The van der Waals surface area contributed by atoms with Gasteiger partial charge in [0, 0.05) is 25.2 Å². The van der Waals surface area contributed by atoms with Crippen LogP contribution in [-0.2, 0) is 4.79 Å². The molecule has 0 bridgehead atoms. The first-order chi connectivity index (χ1) is 7.13. The van der Waals surface area contributed by atoms with Gasteiger partial charge in [0.2, 0.25) is 5.91 Å². The van der Waals surface area contributed by atoms with Gasteiger partial charge < -0.3 is 10.2 Å². The molecule has 1 unspecified atom stereocenters. The third-order valence-electron chi connectivity index (χ3n) is 3.02. The summed E-state index contributed by atoms with van der Waals surface area (Å²) in [5.41, 5.74) is 3.48. The predicted octanol–water partition coefficient (Wildman–Crippen LogP) is 1.62. The van der Waals surface area contributed by atoms with Crippen molar-refractivity contribution in [1.29, 1.82) is 0 Å². The first kappa shape index (κ1) is 10.2. The molecule has 80 valence electrons. The summed E-state index contributed by atoms with van der Waals surface area (Å²) in [5.74, 6) is 0.172. The Bertz CT molecular complexity index is 401. The predicted molar refractivity (Wildman–Crippen MR) is 61.0 cm³/mol. The average Bonchev–Trinajstić information content (AvgIpc) is 2.23. The smallest absolute Gasteiger partial charge is 0.228 e. The van der Waals surface area contributed by atoms with Gasteiger partial charge in [-0.3, -0.25) is 4.79 Å². The molecule has 15 heavy (non-hydrogen) atoms. The van der Waals surface area contributed by atoms with E-state index in [1.54, 1.807) is 4.90 Å². The summed E-state index contributed by atoms with van der Waals surface area (Å²) in [6, 6.07) is 6.37. The lowest BCUT2D eigenvalue weighted by Crippen LogP contribution is -2.36. The maximum Gasteiger partial charge on any atom is 0.228 e. The van der Waals surface area contributed by atoms with Crippen molar-refractivity contribution in [3.8, 4) is 0 Å². The van der Waals surface area contributed by atoms with Gasteiger partial charge in [-0.05, 0) is 25.6 Å². The molecule has 0 aromatic heterocycles. The number of benzene rings is 1. The van der Waals surface area contributed by atoms with E-state index in [2.05, 4.69) is 18.3 Å². The molecular formula is C12H16N2O. The molecule has 0 spiro atoms. The standard InChI is InChI=1S/C12H16N2O/c1-8-4-5-11-9(6-8)10(13-2)7-12(15)14(11)3/h4-6,10,13H,7H2,1-3H3. The molecule has 0 fully saturated rings. The van der Waals surface area contributed by atoms with Crippen molar-refractivity contribution in [3.63, 3.8) is 0 Å². The summed E-state index contributed by atoms with van der Waals surface area (Å²) in [6.45, 7) is 2.07. The molecule has 1 atom stereocenters. The van der Waals surface area contributed by atoms with E-state index in [9.17, 15) is 4.79 Å². The molecule has 2 rings (SSSR count). The van der Waals surface area contributed by atoms with E-state index in [0.29, 0.717) is 6.42 Å². The van der Waals surface area contributed by atoms with Gasteiger partial charge in [0.15, 0.2) is 0 Å². The van der Waals surface area contributed by atoms with E-state index in [1.165, 1.54) is 11.1 Å². The van der Waals surface area contributed by atoms with E-state index in [-0.39, 0.29) is 11.9 Å². The molecule has 1 heterocycles. The highest BCUT2D eigenvalue weighted by molar-refractivity contribution is 5.96. The molecular weight excluding hydrogens is 188 g/mol. The second kappa shape index (κ2) is 3.66. The van der Waals surface area contributed by atoms with Crippen LogP contribution in [0, 0.1) is 6.92 Å². The number of carbonyl (C=O) groups excluding carboxylic acids is 1. The van der Waals surface area contributed by atoms with Crippen molar-refractivity contribution in [2.24, 2.45) is 0 Å². The van der Waals surface area contributed by atoms with E-state index in [1.807, 2.05) is 26.2 Å². The monoisotopic (exact) mass is 204 g/mol. The molecule has 1 N–H and O–H groups in total. The summed E-state index contributed by atoms with van der Waals surface area (Å²) < 4.78 is 0. The van der Waals surface area contributed by atoms with Crippen LogP contribution in [0.3, 0.4) is 0 Å². The van der Waals surface area contributed by atoms with Crippen molar-refractivity contribution < 1.29 is 4.79 Å². The van der Waals surface area contributed by atoms with Crippen LogP contribution in [0.15, 0.2) is 18.2 Å². The number of nitrogens with zero attached hydrogens (tertiary/aromatic N) is 1. The van der Waals surface area contributed by atoms with Crippen LogP contribution in [0.5, 0.6) is 0 Å². The van der Waals surface area contributed by atoms with Crippen molar-refractivity contribution >= 4 is 11.6 Å². The zero-order valence-corrected chi connectivity index (χ0v) is 9.37. The summed E-state index contributed by atoms with van der Waals surface area (Å²) in [7, 11) is 3.73. The number of hydrogen-bond donors (Lipinski definition) is 1. The Hall–Kier alpha value is -1.35. The van der Waals surface area contributed by atoms with Crippen LogP contribution in [0.25, 0.3) is 0 Å². The van der Waals surface area contributed by atoms with Gasteiger partial charge >= 0.3 is 0 Å². The number of anilines is 1. The van der Waals surface area contributed by atoms with Crippen molar-refractivity contribution in [3.05, 3.63) is 29.3 Å². The maximum absolute atomic E-state index is 11.7. The first-order valence-corrected chi connectivity index (χ1v) is 5.18. The Labute approximate surface area is 90.1 Å². The lowest BCUT2D eigenvalue weighted by molar-refractivity contribution is -0.119. The Balaban J connectivity index is 2.53. The molecule has 1 aliphatic heterocycles. The van der Waals surface area contributed by atoms with Crippen LogP contribution in [-0.4, -0.2) is 20.0 Å². The number of fused-ring (bicyclic) bond motifs is 1. The number of aryl methyl sites for hydroxylation is 1. The van der Waals surface area contributed by atoms with Gasteiger partial charge in [-0.2, -0.15) is 0 Å². The summed E-state index contributed by atoms with van der Waals surface area (Å²) >= 11 is 0. The van der Waals surface area contributed by atoms with Crippen LogP contribution < -0.4 is 10.2 Å². The normalized spacial score (nSPS) is 20.3. The molecule has 0 radical (unpaired) electrons. The van der Waals surface area contributed by atoms with Crippen molar-refractivity contribution in [2.45, 2.75) is 19.4 Å².